The lowest BCUT2D eigenvalue weighted by Gasteiger charge is -2.45. The van der Waals surface area contributed by atoms with Crippen molar-refractivity contribution in [1.29, 1.82) is 0 Å². The zero-order valence-corrected chi connectivity index (χ0v) is 26.3. The van der Waals surface area contributed by atoms with Crippen LogP contribution in [-0.2, 0) is 14.2 Å². The van der Waals surface area contributed by atoms with Gasteiger partial charge in [0.1, 0.15) is 17.6 Å². The Morgan fingerprint density at radius 2 is 1.38 bits per heavy atom. The highest BCUT2D eigenvalue weighted by Gasteiger charge is 2.50. The van der Waals surface area contributed by atoms with E-state index >= 15 is 0 Å². The molecule has 1 heterocycles. The fraction of sp³-hybridized carbons (Fsp3) is 0.189. The molecule has 5 aromatic rings. The number of nitrogens with zero attached hydrogens (tertiary/aromatic N) is 3. The molecule has 0 aliphatic carbocycles. The molecule has 0 bridgehead atoms. The number of nitrogens with one attached hydrogen (secondary N) is 1. The SMILES string of the molecule is Cc1ccc(S[C@@H]2O[C@H](CN=[N+]=[N-])[C@@H](OC(=O)c3ccccc3)[C@@H](OC(=O)c3ccccc3)[C@H]2Nc2ccc3ccccc3c2)cc1. The molecule has 1 N–H and O–H groups in total. The lowest BCUT2D eigenvalue weighted by Crippen LogP contribution is -2.62. The van der Waals surface area contributed by atoms with Gasteiger partial charge in [-0.25, -0.2) is 9.59 Å². The van der Waals surface area contributed by atoms with Gasteiger partial charge in [0, 0.05) is 15.5 Å². The van der Waals surface area contributed by atoms with E-state index in [1.165, 1.54) is 11.8 Å². The van der Waals surface area contributed by atoms with Crippen molar-refractivity contribution in [2.75, 3.05) is 11.9 Å². The van der Waals surface area contributed by atoms with Crippen LogP contribution in [0.5, 0.6) is 0 Å². The number of aryl methyl sites for hydroxylation is 1. The molecule has 6 rings (SSSR count). The molecule has 1 fully saturated rings. The maximum Gasteiger partial charge on any atom is 0.338 e. The number of carbonyl (C=O) groups is 2. The van der Waals surface area contributed by atoms with Crippen molar-refractivity contribution in [1.82, 2.24) is 0 Å². The number of esters is 2. The van der Waals surface area contributed by atoms with Crippen LogP contribution >= 0.6 is 11.8 Å². The first-order valence-corrected chi connectivity index (χ1v) is 16.0. The smallest absolute Gasteiger partial charge is 0.338 e. The van der Waals surface area contributed by atoms with Crippen molar-refractivity contribution < 1.29 is 23.8 Å². The van der Waals surface area contributed by atoms with E-state index in [0.717, 1.165) is 26.9 Å². The number of fused-ring (bicyclic) bond motifs is 1. The second kappa shape index (κ2) is 14.9. The Morgan fingerprint density at radius 1 is 0.787 bits per heavy atom. The lowest BCUT2D eigenvalue weighted by molar-refractivity contribution is -0.152. The van der Waals surface area contributed by atoms with E-state index in [1.54, 1.807) is 54.6 Å². The molecule has 10 heteroatoms. The molecule has 236 valence electrons. The molecule has 5 aromatic carbocycles. The fourth-order valence-electron chi connectivity index (χ4n) is 5.46. The Bertz CT molecular complexity index is 1880. The van der Waals surface area contributed by atoms with Crippen LogP contribution in [0.1, 0.15) is 26.3 Å². The molecule has 1 aliphatic heterocycles. The Balaban J connectivity index is 1.44. The second-order valence-electron chi connectivity index (χ2n) is 11.1. The van der Waals surface area contributed by atoms with E-state index in [-0.39, 0.29) is 6.54 Å². The number of hydrogen-bond acceptors (Lipinski definition) is 8. The van der Waals surface area contributed by atoms with Crippen molar-refractivity contribution in [2.45, 2.75) is 41.6 Å². The Morgan fingerprint density at radius 3 is 2.02 bits per heavy atom. The van der Waals surface area contributed by atoms with Crippen LogP contribution in [0.15, 0.2) is 137 Å². The van der Waals surface area contributed by atoms with Gasteiger partial charge in [-0.1, -0.05) is 101 Å². The molecular formula is C37H32N4O5S. The number of azide groups is 1. The highest BCUT2D eigenvalue weighted by atomic mass is 32.2. The van der Waals surface area contributed by atoms with Gasteiger partial charge in [-0.05, 0) is 71.8 Å². The molecule has 5 atom stereocenters. The van der Waals surface area contributed by atoms with Crippen molar-refractivity contribution in [3.05, 3.63) is 155 Å². The summed E-state index contributed by atoms with van der Waals surface area (Å²) in [6.45, 7) is 1.85. The van der Waals surface area contributed by atoms with Crippen LogP contribution in [0, 0.1) is 6.92 Å². The topological polar surface area (TPSA) is 123 Å². The number of carbonyl (C=O) groups excluding carboxylic acids is 2. The highest BCUT2D eigenvalue weighted by Crippen LogP contribution is 2.38. The van der Waals surface area contributed by atoms with Crippen LogP contribution in [0.4, 0.5) is 5.69 Å². The molecule has 0 unspecified atom stereocenters. The van der Waals surface area contributed by atoms with E-state index < -0.39 is 41.7 Å². The maximum atomic E-state index is 13.7. The average Bonchev–Trinajstić information content (AvgIpc) is 3.11. The van der Waals surface area contributed by atoms with Gasteiger partial charge in [0.25, 0.3) is 0 Å². The molecule has 0 aromatic heterocycles. The van der Waals surface area contributed by atoms with Gasteiger partial charge >= 0.3 is 11.9 Å². The number of ether oxygens (including phenoxy) is 3. The minimum absolute atomic E-state index is 0.156. The number of rotatable bonds is 10. The normalized spacial score (nSPS) is 20.5. The molecule has 9 nitrogen and oxygen atoms in total. The predicted molar refractivity (Wildman–Crippen MR) is 182 cm³/mol. The summed E-state index contributed by atoms with van der Waals surface area (Å²) in [4.78, 5) is 31.1. The standard InChI is InChI=1S/C37H32N4O5S/c1-24-16-20-30(21-17-24)47-37-32(40-29-19-18-25-10-8-9-15-28(25)22-29)34(46-36(43)27-13-6-3-7-14-27)33(31(44-37)23-39-41-38)45-35(42)26-11-4-2-5-12-26/h2-22,31-34,37,40H,23H2,1H3/t31-,32-,33-,34+,37+/m1/s1. The van der Waals surface area contributed by atoms with Crippen LogP contribution in [0.25, 0.3) is 21.2 Å². The number of anilines is 1. The van der Waals surface area contributed by atoms with Crippen molar-refractivity contribution in [2.24, 2.45) is 5.11 Å². The zero-order valence-electron chi connectivity index (χ0n) is 25.5. The van der Waals surface area contributed by atoms with Crippen molar-refractivity contribution in [3.63, 3.8) is 0 Å². The zero-order chi connectivity index (χ0) is 32.6. The van der Waals surface area contributed by atoms with Crippen LogP contribution in [0.2, 0.25) is 0 Å². The van der Waals surface area contributed by atoms with E-state index in [1.807, 2.05) is 79.7 Å². The number of hydrogen-bond donors (Lipinski definition) is 1. The second-order valence-corrected chi connectivity index (χ2v) is 12.3. The summed E-state index contributed by atoms with van der Waals surface area (Å²) in [7, 11) is 0. The van der Waals surface area contributed by atoms with Crippen LogP contribution < -0.4 is 5.32 Å². The summed E-state index contributed by atoms with van der Waals surface area (Å²) in [6.07, 6.45) is -3.11. The minimum Gasteiger partial charge on any atom is -0.452 e. The highest BCUT2D eigenvalue weighted by molar-refractivity contribution is 7.99. The Labute approximate surface area is 276 Å². The third-order valence-corrected chi connectivity index (χ3v) is 9.01. The van der Waals surface area contributed by atoms with Crippen LogP contribution in [-0.4, -0.2) is 48.3 Å². The summed E-state index contributed by atoms with van der Waals surface area (Å²) in [5, 5.41) is 9.44. The first-order chi connectivity index (χ1) is 23.0. The molecular weight excluding hydrogens is 612 g/mol. The Kier molecular flexibility index (Phi) is 10.0. The summed E-state index contributed by atoms with van der Waals surface area (Å²) in [5.41, 5.74) is 11.1. The monoisotopic (exact) mass is 644 g/mol. The van der Waals surface area contributed by atoms with Crippen molar-refractivity contribution >= 4 is 40.2 Å². The maximum absolute atomic E-state index is 13.7. The molecule has 0 saturated carbocycles. The lowest BCUT2D eigenvalue weighted by atomic mass is 9.96. The predicted octanol–water partition coefficient (Wildman–Crippen LogP) is 8.21. The van der Waals surface area contributed by atoms with E-state index in [0.29, 0.717) is 11.1 Å². The molecule has 1 aliphatic rings. The third-order valence-electron chi connectivity index (χ3n) is 7.83. The summed E-state index contributed by atoms with van der Waals surface area (Å²) in [5.74, 6) is -1.22. The Hall–Kier alpha value is -5.28. The molecule has 1 saturated heterocycles. The van der Waals surface area contributed by atoms with Gasteiger partial charge in [-0.3, -0.25) is 0 Å². The van der Waals surface area contributed by atoms with Gasteiger partial charge in [0.05, 0.1) is 17.7 Å². The molecule has 0 amide bonds. The fourth-order valence-corrected chi connectivity index (χ4v) is 6.59. The molecule has 0 spiro atoms. The van der Waals surface area contributed by atoms with Gasteiger partial charge in [-0.15, -0.1) is 0 Å². The number of benzene rings is 5. The van der Waals surface area contributed by atoms with E-state index in [2.05, 4.69) is 15.3 Å². The van der Waals surface area contributed by atoms with Crippen molar-refractivity contribution in [3.8, 4) is 0 Å². The first kappa shape index (κ1) is 31.7. The van der Waals surface area contributed by atoms with Crippen LogP contribution in [0.3, 0.4) is 0 Å². The van der Waals surface area contributed by atoms with E-state index in [9.17, 15) is 15.1 Å². The van der Waals surface area contributed by atoms with E-state index in [4.69, 9.17) is 14.2 Å². The number of thioether (sulfide) groups is 1. The quantitative estimate of drug-likeness (QED) is 0.0704. The summed E-state index contributed by atoms with van der Waals surface area (Å²) >= 11 is 1.43. The van der Waals surface area contributed by atoms with Gasteiger partial charge < -0.3 is 19.5 Å². The first-order valence-electron chi connectivity index (χ1n) is 15.2. The third kappa shape index (κ3) is 7.76. The summed E-state index contributed by atoms with van der Waals surface area (Å²) in [6, 6.07) is 38.4. The molecule has 0 radical (unpaired) electrons. The largest absolute Gasteiger partial charge is 0.452 e. The average molecular weight is 645 g/mol. The van der Waals surface area contributed by atoms with Gasteiger partial charge in [-0.2, -0.15) is 0 Å². The summed E-state index contributed by atoms with van der Waals surface area (Å²) < 4.78 is 19.0. The molecule has 47 heavy (non-hydrogen) atoms. The minimum atomic E-state index is -1.13. The van der Waals surface area contributed by atoms with Gasteiger partial charge in [0.2, 0.25) is 0 Å². The van der Waals surface area contributed by atoms with Gasteiger partial charge in [0.15, 0.2) is 12.2 Å².